The first-order valence-corrected chi connectivity index (χ1v) is 6.85. The van der Waals surface area contributed by atoms with Gasteiger partial charge in [0.25, 0.3) is 5.91 Å². The van der Waals surface area contributed by atoms with E-state index in [0.29, 0.717) is 29.4 Å². The number of carboxylic acids is 1. The Hall–Kier alpha value is -2.44. The fourth-order valence-corrected chi connectivity index (χ4v) is 2.88. The van der Waals surface area contributed by atoms with Crippen LogP contribution in [0.15, 0.2) is 18.2 Å². The van der Waals surface area contributed by atoms with E-state index in [0.717, 1.165) is 6.42 Å². The van der Waals surface area contributed by atoms with Crippen LogP contribution in [0.25, 0.3) is 11.0 Å². The smallest absolute Gasteiger partial charge is 0.311 e. The predicted molar refractivity (Wildman–Crippen MR) is 74.7 cm³/mol. The van der Waals surface area contributed by atoms with E-state index in [2.05, 4.69) is 20.7 Å². The van der Waals surface area contributed by atoms with Crippen molar-refractivity contribution >= 4 is 22.9 Å². The van der Waals surface area contributed by atoms with Crippen LogP contribution in [-0.2, 0) is 4.79 Å². The number of amides is 1. The molecule has 0 spiro atoms. The quantitative estimate of drug-likeness (QED) is 0.789. The fourth-order valence-electron chi connectivity index (χ4n) is 2.88. The fraction of sp³-hybridized carbons (Fsp3) is 0.429. The second kappa shape index (κ2) is 4.83. The third-order valence-electron chi connectivity index (χ3n) is 4.33. The van der Waals surface area contributed by atoms with Crippen molar-refractivity contribution in [2.75, 3.05) is 0 Å². The van der Waals surface area contributed by atoms with Gasteiger partial charge in [-0.3, -0.25) is 9.59 Å². The highest BCUT2D eigenvalue weighted by atomic mass is 16.4. The second-order valence-corrected chi connectivity index (χ2v) is 5.67. The van der Waals surface area contributed by atoms with E-state index in [-0.39, 0.29) is 11.9 Å². The van der Waals surface area contributed by atoms with E-state index >= 15 is 0 Å². The van der Waals surface area contributed by atoms with Gasteiger partial charge in [0, 0.05) is 11.6 Å². The number of carboxylic acid groups (broad SMARTS) is 1. The zero-order chi connectivity index (χ0) is 15.0. The van der Waals surface area contributed by atoms with Crippen molar-refractivity contribution in [3.63, 3.8) is 0 Å². The molecule has 2 unspecified atom stereocenters. The van der Waals surface area contributed by atoms with Crippen LogP contribution < -0.4 is 5.32 Å². The van der Waals surface area contributed by atoms with E-state index < -0.39 is 11.4 Å². The van der Waals surface area contributed by atoms with Crippen LogP contribution in [0.4, 0.5) is 0 Å². The maximum atomic E-state index is 12.3. The van der Waals surface area contributed by atoms with Gasteiger partial charge >= 0.3 is 5.97 Å². The Bertz CT molecular complexity index is 711. The molecule has 0 aliphatic heterocycles. The van der Waals surface area contributed by atoms with Crippen LogP contribution >= 0.6 is 0 Å². The largest absolute Gasteiger partial charge is 0.481 e. The molecular formula is C14H16N4O3. The number of aromatic amines is 1. The van der Waals surface area contributed by atoms with Crippen LogP contribution in [-0.4, -0.2) is 38.4 Å². The van der Waals surface area contributed by atoms with Crippen molar-refractivity contribution < 1.29 is 14.7 Å². The minimum Gasteiger partial charge on any atom is -0.481 e. The average Bonchev–Trinajstić information content (AvgIpc) is 3.06. The molecule has 7 nitrogen and oxygen atoms in total. The van der Waals surface area contributed by atoms with Crippen LogP contribution in [0, 0.1) is 5.41 Å². The third kappa shape index (κ3) is 2.24. The molecular weight excluding hydrogens is 272 g/mol. The Morgan fingerprint density at radius 3 is 2.90 bits per heavy atom. The lowest BCUT2D eigenvalue weighted by atomic mass is 9.85. The highest BCUT2D eigenvalue weighted by Crippen LogP contribution is 2.38. The molecule has 0 bridgehead atoms. The molecule has 1 amide bonds. The number of nitrogens with zero attached hydrogens (tertiary/aromatic N) is 2. The van der Waals surface area contributed by atoms with Gasteiger partial charge in [-0.15, -0.1) is 0 Å². The van der Waals surface area contributed by atoms with Crippen LogP contribution in [0.3, 0.4) is 0 Å². The van der Waals surface area contributed by atoms with Gasteiger partial charge in [0.1, 0.15) is 11.0 Å². The Morgan fingerprint density at radius 2 is 2.14 bits per heavy atom. The molecule has 1 heterocycles. The number of fused-ring (bicyclic) bond motifs is 1. The summed E-state index contributed by atoms with van der Waals surface area (Å²) in [5, 5.41) is 22.6. The van der Waals surface area contributed by atoms with E-state index in [9.17, 15) is 14.7 Å². The predicted octanol–water partition coefficient (Wildman–Crippen LogP) is 1.33. The molecule has 0 radical (unpaired) electrons. The van der Waals surface area contributed by atoms with Gasteiger partial charge in [-0.1, -0.05) is 6.42 Å². The van der Waals surface area contributed by atoms with Gasteiger partial charge in [-0.05, 0) is 38.0 Å². The number of nitrogens with one attached hydrogen (secondary N) is 2. The Morgan fingerprint density at radius 1 is 1.38 bits per heavy atom. The molecule has 2 atom stereocenters. The van der Waals surface area contributed by atoms with Crippen molar-refractivity contribution in [1.29, 1.82) is 0 Å². The molecule has 21 heavy (non-hydrogen) atoms. The summed E-state index contributed by atoms with van der Waals surface area (Å²) in [5.41, 5.74) is 0.849. The van der Waals surface area contributed by atoms with Crippen LogP contribution in [0.5, 0.6) is 0 Å². The minimum absolute atomic E-state index is 0.278. The standard InChI is InChI=1S/C14H16N4O3/c1-14(13(20)21)6-2-3-11(14)15-12(19)8-4-5-9-10(7-8)17-18-16-9/h4-5,7,11H,2-3,6H2,1H3,(H,15,19)(H,20,21)(H,16,17,18). The van der Waals surface area contributed by atoms with Crippen LogP contribution in [0.1, 0.15) is 36.5 Å². The monoisotopic (exact) mass is 288 g/mol. The van der Waals surface area contributed by atoms with E-state index in [1.165, 1.54) is 0 Å². The average molecular weight is 288 g/mol. The molecule has 110 valence electrons. The summed E-state index contributed by atoms with van der Waals surface area (Å²) in [7, 11) is 0. The Balaban J connectivity index is 1.81. The summed E-state index contributed by atoms with van der Waals surface area (Å²) in [6, 6.07) is 4.66. The summed E-state index contributed by atoms with van der Waals surface area (Å²) >= 11 is 0. The lowest BCUT2D eigenvalue weighted by Gasteiger charge is -2.27. The number of hydrogen-bond acceptors (Lipinski definition) is 4. The minimum atomic E-state index is -0.895. The first-order chi connectivity index (χ1) is 10.0. The van der Waals surface area contributed by atoms with Gasteiger partial charge in [0.15, 0.2) is 0 Å². The van der Waals surface area contributed by atoms with Crippen molar-refractivity contribution in [3.05, 3.63) is 23.8 Å². The van der Waals surface area contributed by atoms with Crippen molar-refractivity contribution in [1.82, 2.24) is 20.7 Å². The molecule has 1 fully saturated rings. The van der Waals surface area contributed by atoms with Gasteiger partial charge in [0.05, 0.1) is 5.41 Å². The number of carbonyl (C=O) groups is 2. The summed E-state index contributed by atoms with van der Waals surface area (Å²) in [6.45, 7) is 1.69. The second-order valence-electron chi connectivity index (χ2n) is 5.67. The molecule has 1 saturated carbocycles. The highest BCUT2D eigenvalue weighted by Gasteiger charge is 2.45. The number of hydrogen-bond donors (Lipinski definition) is 3. The van der Waals surface area contributed by atoms with Gasteiger partial charge in [0.2, 0.25) is 0 Å². The van der Waals surface area contributed by atoms with Crippen molar-refractivity contribution in [3.8, 4) is 0 Å². The van der Waals surface area contributed by atoms with E-state index in [1.807, 2.05) is 0 Å². The molecule has 7 heteroatoms. The number of rotatable bonds is 3. The molecule has 1 aromatic carbocycles. The summed E-state index contributed by atoms with van der Waals surface area (Å²) in [4.78, 5) is 23.7. The number of carbonyl (C=O) groups excluding carboxylic acids is 1. The normalized spacial score (nSPS) is 25.1. The third-order valence-corrected chi connectivity index (χ3v) is 4.33. The molecule has 2 aromatic rings. The van der Waals surface area contributed by atoms with Gasteiger partial charge in [-0.25, -0.2) is 0 Å². The van der Waals surface area contributed by atoms with E-state index in [4.69, 9.17) is 0 Å². The first kappa shape index (κ1) is 13.5. The van der Waals surface area contributed by atoms with E-state index in [1.54, 1.807) is 25.1 Å². The maximum Gasteiger partial charge on any atom is 0.311 e. The molecule has 1 aromatic heterocycles. The zero-order valence-corrected chi connectivity index (χ0v) is 11.6. The lowest BCUT2D eigenvalue weighted by Crippen LogP contribution is -2.47. The maximum absolute atomic E-state index is 12.3. The number of aromatic nitrogens is 3. The van der Waals surface area contributed by atoms with Gasteiger partial charge in [-0.2, -0.15) is 15.4 Å². The highest BCUT2D eigenvalue weighted by molar-refractivity contribution is 5.97. The molecule has 1 aliphatic rings. The molecule has 0 saturated heterocycles. The Labute approximate surface area is 120 Å². The van der Waals surface area contributed by atoms with Crippen LogP contribution in [0.2, 0.25) is 0 Å². The number of aliphatic carboxylic acids is 1. The number of benzene rings is 1. The summed E-state index contributed by atoms with van der Waals surface area (Å²) in [5.74, 6) is -1.14. The topological polar surface area (TPSA) is 108 Å². The molecule has 1 aliphatic carbocycles. The summed E-state index contributed by atoms with van der Waals surface area (Å²) in [6.07, 6.45) is 2.06. The lowest BCUT2D eigenvalue weighted by molar-refractivity contribution is -0.148. The summed E-state index contributed by atoms with van der Waals surface area (Å²) < 4.78 is 0. The Kier molecular flexibility index (Phi) is 3.12. The number of H-pyrrole nitrogens is 1. The van der Waals surface area contributed by atoms with Gasteiger partial charge < -0.3 is 10.4 Å². The SMILES string of the molecule is CC1(C(=O)O)CCCC1NC(=O)c1ccc2n[nH]nc2c1. The molecule has 3 N–H and O–H groups in total. The first-order valence-electron chi connectivity index (χ1n) is 6.85. The van der Waals surface area contributed by atoms with Crippen molar-refractivity contribution in [2.24, 2.45) is 5.41 Å². The molecule has 3 rings (SSSR count). The zero-order valence-electron chi connectivity index (χ0n) is 11.6. The van der Waals surface area contributed by atoms with Crippen molar-refractivity contribution in [2.45, 2.75) is 32.2 Å².